The van der Waals surface area contributed by atoms with Gasteiger partial charge in [0.05, 0.1) is 18.7 Å². The van der Waals surface area contributed by atoms with Crippen LogP contribution in [0.15, 0.2) is 30.4 Å². The number of aromatic nitrogens is 2. The van der Waals surface area contributed by atoms with Gasteiger partial charge in [-0.05, 0) is 72.4 Å². The molecule has 2 aliphatic heterocycles. The molecule has 3 heterocycles. The summed E-state index contributed by atoms with van der Waals surface area (Å²) < 4.78 is 31.6. The largest absolute Gasteiger partial charge is 0.471 e. The van der Waals surface area contributed by atoms with Crippen LogP contribution < -0.4 is 15.4 Å². The number of nitrogens with zero attached hydrogens (tertiary/aromatic N) is 3. The van der Waals surface area contributed by atoms with Gasteiger partial charge in [0.15, 0.2) is 5.82 Å². The fraction of sp³-hybridized carbons (Fsp3) is 0.588. The second kappa shape index (κ2) is 13.8. The molecule has 254 valence electrons. The van der Waals surface area contributed by atoms with Crippen molar-refractivity contribution in [3.8, 4) is 5.88 Å². The number of rotatable bonds is 5. The van der Waals surface area contributed by atoms with Crippen LogP contribution in [0, 0.1) is 18.7 Å². The maximum atomic E-state index is 14.6. The molecule has 5 rings (SSSR count). The van der Waals surface area contributed by atoms with Crippen molar-refractivity contribution in [3.63, 3.8) is 0 Å². The van der Waals surface area contributed by atoms with Gasteiger partial charge in [0.1, 0.15) is 40.5 Å². The van der Waals surface area contributed by atoms with Crippen molar-refractivity contribution in [2.45, 2.75) is 109 Å². The molecule has 2 fully saturated rings. The van der Waals surface area contributed by atoms with Crippen LogP contribution in [0.1, 0.15) is 78.3 Å². The molecule has 12 nitrogen and oxygen atoms in total. The van der Waals surface area contributed by atoms with Gasteiger partial charge in [-0.1, -0.05) is 31.1 Å². The van der Waals surface area contributed by atoms with E-state index < -0.39 is 59.0 Å². The quantitative estimate of drug-likeness (QED) is 0.356. The number of esters is 1. The average Bonchev–Trinajstić information content (AvgIpc) is 3.52. The van der Waals surface area contributed by atoms with Crippen LogP contribution in [0.5, 0.6) is 5.88 Å². The fourth-order valence-corrected chi connectivity index (χ4v) is 6.23. The topological polar surface area (TPSA) is 149 Å². The lowest BCUT2D eigenvalue weighted by Crippen LogP contribution is -2.56. The van der Waals surface area contributed by atoms with E-state index in [0.29, 0.717) is 30.5 Å². The highest BCUT2D eigenvalue weighted by atomic mass is 19.1. The number of carbonyl (C=O) groups is 4. The number of carbonyl (C=O) groups excluding carboxylic acids is 4. The lowest BCUT2D eigenvalue weighted by Gasteiger charge is -2.30. The van der Waals surface area contributed by atoms with Gasteiger partial charge < -0.3 is 29.7 Å². The molecule has 0 spiro atoms. The van der Waals surface area contributed by atoms with E-state index in [9.17, 15) is 23.6 Å². The second-order valence-corrected chi connectivity index (χ2v) is 13.5. The monoisotopic (exact) mass is 653 g/mol. The number of nitrogens with one attached hydrogen (secondary N) is 2. The molecule has 2 N–H and O–H groups in total. The van der Waals surface area contributed by atoms with Crippen LogP contribution in [0.25, 0.3) is 11.0 Å². The molecule has 47 heavy (non-hydrogen) atoms. The van der Waals surface area contributed by atoms with Crippen LogP contribution in [-0.4, -0.2) is 81.2 Å². The van der Waals surface area contributed by atoms with Crippen LogP contribution in [0.4, 0.5) is 9.18 Å². The standard InChI is InChI=1S/C34H44FN5O7/c1-6-45-31(43)34-18-21(34)13-10-8-7-9-11-15-25(37-32(44)47-33(3,4)5)30(42)40-19-22(17-26(40)28(41)39-34)46-29-20(2)36-24-16-12-14-23(35)27(24)38-29/h10,12-14,16,21-22,25-26H,6-9,11,15,17-19H2,1-5H3,(H,37,44)(H,39,41)/b13-10-/t21-,22-,25+,26+,34-/m1/s1. The molecule has 3 aliphatic rings. The first-order valence-corrected chi connectivity index (χ1v) is 16.4. The summed E-state index contributed by atoms with van der Waals surface area (Å²) >= 11 is 0. The highest BCUT2D eigenvalue weighted by Gasteiger charge is 2.62. The van der Waals surface area contributed by atoms with Crippen molar-refractivity contribution in [1.29, 1.82) is 0 Å². The van der Waals surface area contributed by atoms with Gasteiger partial charge in [-0.2, -0.15) is 0 Å². The van der Waals surface area contributed by atoms with Gasteiger partial charge in [-0.25, -0.2) is 23.9 Å². The minimum atomic E-state index is -1.23. The number of allylic oxidation sites excluding steroid dienone is 1. The van der Waals surface area contributed by atoms with E-state index in [1.807, 2.05) is 12.2 Å². The molecule has 5 atom stereocenters. The van der Waals surface area contributed by atoms with Crippen molar-refractivity contribution in [2.75, 3.05) is 13.2 Å². The normalized spacial score (nSPS) is 27.4. The van der Waals surface area contributed by atoms with Crippen LogP contribution in [0.3, 0.4) is 0 Å². The van der Waals surface area contributed by atoms with E-state index in [2.05, 4.69) is 20.6 Å². The summed E-state index contributed by atoms with van der Waals surface area (Å²) in [4.78, 5) is 64.5. The number of aryl methyl sites for hydroxylation is 1. The number of para-hydroxylation sites is 1. The number of hydrogen-bond acceptors (Lipinski definition) is 9. The van der Waals surface area contributed by atoms with Crippen molar-refractivity contribution in [1.82, 2.24) is 25.5 Å². The molecular weight excluding hydrogens is 609 g/mol. The zero-order valence-corrected chi connectivity index (χ0v) is 27.6. The van der Waals surface area contributed by atoms with Crippen LogP contribution in [-0.2, 0) is 23.9 Å². The highest BCUT2D eigenvalue weighted by Crippen LogP contribution is 2.46. The van der Waals surface area contributed by atoms with Crippen molar-refractivity contribution >= 4 is 34.9 Å². The van der Waals surface area contributed by atoms with Crippen molar-refractivity contribution in [3.05, 3.63) is 41.9 Å². The number of ether oxygens (including phenoxy) is 3. The molecule has 13 heteroatoms. The minimum absolute atomic E-state index is 0.0183. The predicted octanol–water partition coefficient (Wildman–Crippen LogP) is 4.28. The number of fused-ring (bicyclic) bond motifs is 3. The first-order chi connectivity index (χ1) is 22.3. The molecule has 1 saturated carbocycles. The van der Waals surface area contributed by atoms with E-state index >= 15 is 0 Å². The van der Waals surface area contributed by atoms with Gasteiger partial charge in [-0.15, -0.1) is 0 Å². The Labute approximate surface area is 273 Å². The molecule has 3 amide bonds. The molecule has 1 saturated heterocycles. The molecule has 1 aromatic carbocycles. The minimum Gasteiger partial charge on any atom is -0.471 e. The molecule has 0 radical (unpaired) electrons. The number of halogens is 1. The Hall–Kier alpha value is -4.29. The summed E-state index contributed by atoms with van der Waals surface area (Å²) in [6.45, 7) is 8.72. The third kappa shape index (κ3) is 7.82. The Morgan fingerprint density at radius 2 is 1.96 bits per heavy atom. The molecule has 0 bridgehead atoms. The van der Waals surface area contributed by atoms with Gasteiger partial charge in [0, 0.05) is 12.3 Å². The second-order valence-electron chi connectivity index (χ2n) is 13.5. The summed E-state index contributed by atoms with van der Waals surface area (Å²) in [5, 5.41) is 5.65. The smallest absolute Gasteiger partial charge is 0.408 e. The fourth-order valence-electron chi connectivity index (χ4n) is 6.23. The number of benzene rings is 1. The SMILES string of the molecule is CCOC(=O)[C@@]12C[C@H]1/C=C\CCCCC[C@H](NC(=O)OC(C)(C)C)C(=O)N1C[C@H](Oc3nc4c(F)cccc4nc3C)C[C@H]1C(=O)N2. The maximum absolute atomic E-state index is 14.6. The first kappa shape index (κ1) is 34.1. The number of alkyl carbamates (subject to hydrolysis) is 1. The van der Waals surface area contributed by atoms with E-state index in [-0.39, 0.29) is 36.9 Å². The van der Waals surface area contributed by atoms with E-state index in [1.54, 1.807) is 46.8 Å². The third-order valence-corrected chi connectivity index (χ3v) is 8.62. The Kier molecular flexibility index (Phi) is 10.0. The molecule has 1 aromatic heterocycles. The summed E-state index contributed by atoms with van der Waals surface area (Å²) in [6, 6.07) is 2.47. The van der Waals surface area contributed by atoms with Crippen molar-refractivity contribution in [2.24, 2.45) is 5.92 Å². The maximum Gasteiger partial charge on any atom is 0.408 e. The molecule has 2 aromatic rings. The van der Waals surface area contributed by atoms with E-state index in [0.717, 1.165) is 19.3 Å². The van der Waals surface area contributed by atoms with Gasteiger partial charge >= 0.3 is 12.1 Å². The Bertz CT molecular complexity index is 1560. The number of hydrogen-bond donors (Lipinski definition) is 2. The Balaban J connectivity index is 1.46. The lowest BCUT2D eigenvalue weighted by molar-refractivity contribution is -0.150. The predicted molar refractivity (Wildman–Crippen MR) is 170 cm³/mol. The summed E-state index contributed by atoms with van der Waals surface area (Å²) in [5.74, 6) is -2.24. The molecule has 0 unspecified atom stereocenters. The van der Waals surface area contributed by atoms with Crippen LogP contribution in [0.2, 0.25) is 0 Å². The van der Waals surface area contributed by atoms with Gasteiger partial charge in [0.25, 0.3) is 0 Å². The average molecular weight is 654 g/mol. The van der Waals surface area contributed by atoms with Gasteiger partial charge in [0.2, 0.25) is 17.7 Å². The lowest BCUT2D eigenvalue weighted by atomic mass is 10.0. The van der Waals surface area contributed by atoms with Gasteiger partial charge in [-0.3, -0.25) is 9.59 Å². The molecule has 1 aliphatic carbocycles. The highest BCUT2D eigenvalue weighted by molar-refractivity contribution is 5.96. The van der Waals surface area contributed by atoms with E-state index in [1.165, 1.54) is 11.0 Å². The summed E-state index contributed by atoms with van der Waals surface area (Å²) in [6.07, 6.45) is 6.37. The summed E-state index contributed by atoms with van der Waals surface area (Å²) in [5.41, 5.74) is -1.18. The Morgan fingerprint density at radius 3 is 2.70 bits per heavy atom. The van der Waals surface area contributed by atoms with Crippen LogP contribution >= 0.6 is 0 Å². The van der Waals surface area contributed by atoms with E-state index in [4.69, 9.17) is 14.2 Å². The summed E-state index contributed by atoms with van der Waals surface area (Å²) in [7, 11) is 0. The zero-order chi connectivity index (χ0) is 33.9. The first-order valence-electron chi connectivity index (χ1n) is 16.4. The molecular formula is C34H44FN5O7. The third-order valence-electron chi connectivity index (χ3n) is 8.62. The van der Waals surface area contributed by atoms with Crippen molar-refractivity contribution < 1.29 is 37.8 Å². The zero-order valence-electron chi connectivity index (χ0n) is 27.6. The number of amides is 3. The Morgan fingerprint density at radius 1 is 1.17 bits per heavy atom.